The number of hydrogen-bond donors (Lipinski definition) is 1. The summed E-state index contributed by atoms with van der Waals surface area (Å²) in [6, 6.07) is 8.90. The van der Waals surface area contributed by atoms with E-state index in [0.717, 1.165) is 11.6 Å². The highest BCUT2D eigenvalue weighted by molar-refractivity contribution is 5.42. The van der Waals surface area contributed by atoms with Gasteiger partial charge in [-0.3, -0.25) is 0 Å². The summed E-state index contributed by atoms with van der Waals surface area (Å²) in [6.07, 6.45) is 0.717. The Balaban J connectivity index is 1.93. The first-order valence-electron chi connectivity index (χ1n) is 6.07. The van der Waals surface area contributed by atoms with Gasteiger partial charge in [0, 0.05) is 5.56 Å². The molecule has 1 atom stereocenters. The molecular weight excluding hydrogens is 250 g/mol. The smallest absolute Gasteiger partial charge is 0.165 e. The van der Waals surface area contributed by atoms with Crippen LogP contribution in [0.1, 0.15) is 23.7 Å². The van der Waals surface area contributed by atoms with Gasteiger partial charge in [-0.1, -0.05) is 12.1 Å². The average molecular weight is 262 g/mol. The number of halogens is 2. The topological polar surface area (TPSA) is 29.5 Å². The number of ether oxygens (including phenoxy) is 1. The number of hydrogen-bond acceptors (Lipinski definition) is 2. The molecule has 1 aliphatic rings. The van der Waals surface area contributed by atoms with Gasteiger partial charge in [0.2, 0.25) is 0 Å². The van der Waals surface area contributed by atoms with Gasteiger partial charge in [-0.05, 0) is 42.7 Å². The molecule has 4 heteroatoms. The van der Waals surface area contributed by atoms with Crippen molar-refractivity contribution in [2.75, 3.05) is 0 Å². The van der Waals surface area contributed by atoms with Gasteiger partial charge in [-0.2, -0.15) is 0 Å². The lowest BCUT2D eigenvalue weighted by molar-refractivity contribution is 0.170. The molecule has 0 aromatic heterocycles. The molecule has 1 unspecified atom stereocenters. The maximum absolute atomic E-state index is 13.7. The summed E-state index contributed by atoms with van der Waals surface area (Å²) >= 11 is 0. The predicted octanol–water partition coefficient (Wildman–Crippen LogP) is 3.74. The first kappa shape index (κ1) is 12.0. The van der Waals surface area contributed by atoms with Crippen LogP contribution in [0, 0.1) is 11.6 Å². The van der Waals surface area contributed by atoms with Gasteiger partial charge < -0.3 is 9.84 Å². The van der Waals surface area contributed by atoms with Crippen molar-refractivity contribution in [1.82, 2.24) is 0 Å². The van der Waals surface area contributed by atoms with Gasteiger partial charge in [-0.15, -0.1) is 0 Å². The second-order valence-corrected chi connectivity index (χ2v) is 4.58. The quantitative estimate of drug-likeness (QED) is 0.848. The van der Waals surface area contributed by atoms with Crippen LogP contribution >= 0.6 is 0 Å². The Labute approximate surface area is 109 Å². The lowest BCUT2D eigenvalue weighted by atomic mass is 9.97. The Kier molecular flexibility index (Phi) is 2.85. The SMILES string of the molecule is Oc1ccc2c(c1)CCC(c1cccc(F)c1F)O2. The van der Waals surface area contributed by atoms with Crippen molar-refractivity contribution >= 4 is 0 Å². The molecule has 19 heavy (non-hydrogen) atoms. The largest absolute Gasteiger partial charge is 0.508 e. The molecular formula is C15H12F2O2. The van der Waals surface area contributed by atoms with Gasteiger partial charge in [-0.25, -0.2) is 8.78 Å². The van der Waals surface area contributed by atoms with E-state index in [1.54, 1.807) is 12.1 Å². The second-order valence-electron chi connectivity index (χ2n) is 4.58. The molecule has 98 valence electrons. The zero-order valence-electron chi connectivity index (χ0n) is 10.1. The molecule has 1 N–H and O–H groups in total. The van der Waals surface area contributed by atoms with E-state index in [0.29, 0.717) is 18.6 Å². The van der Waals surface area contributed by atoms with Crippen molar-refractivity contribution in [3.05, 3.63) is 59.2 Å². The Morgan fingerprint density at radius 1 is 1.16 bits per heavy atom. The van der Waals surface area contributed by atoms with Gasteiger partial charge in [0.05, 0.1) is 0 Å². The van der Waals surface area contributed by atoms with Crippen LogP contribution in [0.4, 0.5) is 8.78 Å². The fourth-order valence-electron chi connectivity index (χ4n) is 2.36. The van der Waals surface area contributed by atoms with E-state index < -0.39 is 17.7 Å². The molecule has 0 amide bonds. The van der Waals surface area contributed by atoms with Crippen LogP contribution < -0.4 is 4.74 Å². The zero-order valence-corrected chi connectivity index (χ0v) is 10.1. The molecule has 2 nitrogen and oxygen atoms in total. The molecule has 1 aliphatic heterocycles. The Morgan fingerprint density at radius 2 is 2.00 bits per heavy atom. The van der Waals surface area contributed by atoms with Crippen molar-refractivity contribution in [3.63, 3.8) is 0 Å². The van der Waals surface area contributed by atoms with E-state index in [2.05, 4.69) is 0 Å². The van der Waals surface area contributed by atoms with Crippen molar-refractivity contribution in [2.24, 2.45) is 0 Å². The number of benzene rings is 2. The second kappa shape index (κ2) is 4.53. The number of aromatic hydroxyl groups is 1. The van der Waals surface area contributed by atoms with E-state index in [-0.39, 0.29) is 11.3 Å². The van der Waals surface area contributed by atoms with E-state index in [4.69, 9.17) is 4.74 Å². The molecule has 0 radical (unpaired) electrons. The van der Waals surface area contributed by atoms with Gasteiger partial charge in [0.25, 0.3) is 0 Å². The Hall–Kier alpha value is -2.10. The van der Waals surface area contributed by atoms with E-state index in [1.165, 1.54) is 18.2 Å². The fourth-order valence-corrected chi connectivity index (χ4v) is 2.36. The van der Waals surface area contributed by atoms with Crippen molar-refractivity contribution < 1.29 is 18.6 Å². The monoisotopic (exact) mass is 262 g/mol. The van der Waals surface area contributed by atoms with Gasteiger partial charge in [0.15, 0.2) is 11.6 Å². The maximum Gasteiger partial charge on any atom is 0.165 e. The van der Waals surface area contributed by atoms with Crippen LogP contribution in [0.5, 0.6) is 11.5 Å². The summed E-state index contributed by atoms with van der Waals surface area (Å²) in [6.45, 7) is 0. The van der Waals surface area contributed by atoms with Crippen LogP contribution in [0.2, 0.25) is 0 Å². The molecule has 2 aromatic rings. The first-order chi connectivity index (χ1) is 9.15. The van der Waals surface area contributed by atoms with Crippen molar-refractivity contribution in [1.29, 1.82) is 0 Å². The molecule has 0 spiro atoms. The van der Waals surface area contributed by atoms with Crippen molar-refractivity contribution in [3.8, 4) is 11.5 Å². The van der Waals surface area contributed by atoms with E-state index in [9.17, 15) is 13.9 Å². The highest BCUT2D eigenvalue weighted by Gasteiger charge is 2.25. The Morgan fingerprint density at radius 3 is 2.84 bits per heavy atom. The maximum atomic E-state index is 13.7. The van der Waals surface area contributed by atoms with E-state index >= 15 is 0 Å². The molecule has 0 bridgehead atoms. The van der Waals surface area contributed by atoms with Gasteiger partial charge >= 0.3 is 0 Å². The van der Waals surface area contributed by atoms with Crippen LogP contribution in [0.3, 0.4) is 0 Å². The summed E-state index contributed by atoms with van der Waals surface area (Å²) in [5, 5.41) is 9.39. The lowest BCUT2D eigenvalue weighted by Gasteiger charge is -2.26. The van der Waals surface area contributed by atoms with Crippen LogP contribution in [-0.2, 0) is 6.42 Å². The summed E-state index contributed by atoms with van der Waals surface area (Å²) in [5.41, 5.74) is 1.12. The summed E-state index contributed by atoms with van der Waals surface area (Å²) in [4.78, 5) is 0. The molecule has 0 fully saturated rings. The number of rotatable bonds is 1. The normalized spacial score (nSPS) is 17.7. The highest BCUT2D eigenvalue weighted by atomic mass is 19.2. The van der Waals surface area contributed by atoms with Crippen molar-refractivity contribution in [2.45, 2.75) is 18.9 Å². The summed E-state index contributed by atoms with van der Waals surface area (Å²) in [5.74, 6) is -0.928. The minimum absolute atomic E-state index is 0.178. The number of phenols is 1. The highest BCUT2D eigenvalue weighted by Crippen LogP contribution is 2.37. The third-order valence-electron chi connectivity index (χ3n) is 3.32. The fraction of sp³-hybridized carbons (Fsp3) is 0.200. The van der Waals surface area contributed by atoms with Crippen LogP contribution in [0.25, 0.3) is 0 Å². The van der Waals surface area contributed by atoms with Crippen LogP contribution in [-0.4, -0.2) is 5.11 Å². The van der Waals surface area contributed by atoms with E-state index in [1.807, 2.05) is 0 Å². The number of aryl methyl sites for hydroxylation is 1. The zero-order chi connectivity index (χ0) is 13.4. The summed E-state index contributed by atoms with van der Waals surface area (Å²) < 4.78 is 32.6. The Bertz CT molecular complexity index is 626. The standard InChI is InChI=1S/C15H12F2O2/c16-12-3-1-2-11(15(12)17)14-6-4-9-8-10(18)5-7-13(9)19-14/h1-3,5,7-8,14,18H,4,6H2. The average Bonchev–Trinajstić information content (AvgIpc) is 2.41. The minimum Gasteiger partial charge on any atom is -0.508 e. The first-order valence-corrected chi connectivity index (χ1v) is 6.07. The molecule has 3 rings (SSSR count). The summed E-state index contributed by atoms with van der Waals surface area (Å²) in [7, 11) is 0. The van der Waals surface area contributed by atoms with Crippen LogP contribution in [0.15, 0.2) is 36.4 Å². The third-order valence-corrected chi connectivity index (χ3v) is 3.32. The molecule has 2 aromatic carbocycles. The minimum atomic E-state index is -0.863. The molecule has 0 aliphatic carbocycles. The molecule has 1 heterocycles. The van der Waals surface area contributed by atoms with Gasteiger partial charge in [0.1, 0.15) is 17.6 Å². The molecule has 0 saturated heterocycles. The molecule has 0 saturated carbocycles. The lowest BCUT2D eigenvalue weighted by Crippen LogP contribution is -2.16. The number of fused-ring (bicyclic) bond motifs is 1. The number of phenolic OH excluding ortho intramolecular Hbond substituents is 1. The third kappa shape index (κ3) is 2.14. The predicted molar refractivity (Wildman–Crippen MR) is 66.2 cm³/mol.